The summed E-state index contributed by atoms with van der Waals surface area (Å²) in [7, 11) is 0. The van der Waals surface area contributed by atoms with Crippen LogP contribution in [-0.4, -0.2) is 56.8 Å². The van der Waals surface area contributed by atoms with Gasteiger partial charge in [-0.15, -0.1) is 0 Å². The Hall–Kier alpha value is -2.28. The molecule has 0 spiro atoms. The topological polar surface area (TPSA) is 69.2 Å². The molecule has 6 nitrogen and oxygen atoms in total. The van der Waals surface area contributed by atoms with Gasteiger partial charge in [-0.1, -0.05) is 32.0 Å². The van der Waals surface area contributed by atoms with Gasteiger partial charge in [-0.2, -0.15) is 0 Å². The molecule has 0 aliphatic heterocycles. The Bertz CT molecular complexity index is 633. The van der Waals surface area contributed by atoms with E-state index in [9.17, 15) is 5.11 Å². The van der Waals surface area contributed by atoms with E-state index in [1.54, 1.807) is 0 Å². The third-order valence-corrected chi connectivity index (χ3v) is 3.76. The molecule has 1 atom stereocenters. The van der Waals surface area contributed by atoms with Crippen molar-refractivity contribution in [2.45, 2.75) is 26.0 Å². The highest BCUT2D eigenvalue weighted by Gasteiger charge is 2.06. The molecule has 0 amide bonds. The second-order valence-electron chi connectivity index (χ2n) is 6.62. The van der Waals surface area contributed by atoms with Crippen molar-refractivity contribution in [2.75, 3.05) is 39.6 Å². The normalized spacial score (nSPS) is 12.0. The van der Waals surface area contributed by atoms with Crippen LogP contribution < -0.4 is 19.5 Å². The first-order valence-electron chi connectivity index (χ1n) is 9.66. The number of rotatable bonds is 14. The zero-order chi connectivity index (χ0) is 20.0. The first-order valence-corrected chi connectivity index (χ1v) is 9.66. The fourth-order valence-electron chi connectivity index (χ4n) is 2.31. The number of hydrogen-bond acceptors (Lipinski definition) is 6. The van der Waals surface area contributed by atoms with Crippen LogP contribution in [0.3, 0.4) is 0 Å². The van der Waals surface area contributed by atoms with Crippen LogP contribution in [0.5, 0.6) is 17.2 Å². The third-order valence-electron chi connectivity index (χ3n) is 3.76. The minimum absolute atomic E-state index is 0.249. The molecule has 6 heteroatoms. The van der Waals surface area contributed by atoms with Crippen LogP contribution >= 0.6 is 0 Å². The van der Waals surface area contributed by atoms with Crippen molar-refractivity contribution in [1.82, 2.24) is 5.32 Å². The molecule has 0 radical (unpaired) electrons. The summed E-state index contributed by atoms with van der Waals surface area (Å²) in [6.07, 6.45) is -0.540. The van der Waals surface area contributed by atoms with Crippen LogP contribution in [0.25, 0.3) is 0 Å². The van der Waals surface area contributed by atoms with Crippen LogP contribution in [0.4, 0.5) is 0 Å². The van der Waals surface area contributed by atoms with Gasteiger partial charge in [0, 0.05) is 12.6 Å². The van der Waals surface area contributed by atoms with Gasteiger partial charge in [0.05, 0.1) is 13.2 Å². The van der Waals surface area contributed by atoms with Gasteiger partial charge in [-0.3, -0.25) is 0 Å². The lowest BCUT2D eigenvalue weighted by atomic mass is 10.3. The SMILES string of the molecule is CC(C)NCC(O)COc1ccc(OCCOCCOc2ccccc2)cc1. The average Bonchev–Trinajstić information content (AvgIpc) is 2.71. The lowest BCUT2D eigenvalue weighted by Gasteiger charge is -2.15. The van der Waals surface area contributed by atoms with Gasteiger partial charge >= 0.3 is 0 Å². The van der Waals surface area contributed by atoms with Crippen LogP contribution in [0.15, 0.2) is 54.6 Å². The molecule has 0 fully saturated rings. The van der Waals surface area contributed by atoms with Crippen molar-refractivity contribution >= 4 is 0 Å². The Morgan fingerprint density at radius 1 is 0.750 bits per heavy atom. The highest BCUT2D eigenvalue weighted by atomic mass is 16.5. The van der Waals surface area contributed by atoms with Crippen LogP contribution in [-0.2, 0) is 4.74 Å². The fraction of sp³-hybridized carbons (Fsp3) is 0.455. The molecule has 2 N–H and O–H groups in total. The first kappa shape index (κ1) is 22.0. The lowest BCUT2D eigenvalue weighted by molar-refractivity contribution is 0.0764. The zero-order valence-corrected chi connectivity index (χ0v) is 16.7. The summed E-state index contributed by atoms with van der Waals surface area (Å²) in [6, 6.07) is 17.3. The summed E-state index contributed by atoms with van der Waals surface area (Å²) in [5, 5.41) is 13.0. The van der Waals surface area contributed by atoms with E-state index in [2.05, 4.69) is 5.32 Å². The molecule has 0 aromatic heterocycles. The molecular formula is C22H31NO5. The van der Waals surface area contributed by atoms with Crippen molar-refractivity contribution in [1.29, 1.82) is 0 Å². The Kier molecular flexibility index (Phi) is 10.2. The smallest absolute Gasteiger partial charge is 0.119 e. The van der Waals surface area contributed by atoms with Gasteiger partial charge in [0.2, 0.25) is 0 Å². The van der Waals surface area contributed by atoms with Crippen molar-refractivity contribution in [3.05, 3.63) is 54.6 Å². The molecule has 0 aliphatic rings. The molecule has 0 saturated carbocycles. The highest BCUT2D eigenvalue weighted by Crippen LogP contribution is 2.17. The van der Waals surface area contributed by atoms with Gasteiger partial charge in [-0.05, 0) is 36.4 Å². The van der Waals surface area contributed by atoms with Crippen molar-refractivity contribution in [3.8, 4) is 17.2 Å². The van der Waals surface area contributed by atoms with Gasteiger partial charge in [0.15, 0.2) is 0 Å². The molecule has 154 valence electrons. The molecule has 2 rings (SSSR count). The number of ether oxygens (including phenoxy) is 4. The number of hydrogen-bond donors (Lipinski definition) is 2. The number of benzene rings is 2. The summed E-state index contributed by atoms with van der Waals surface area (Å²) in [5.74, 6) is 2.29. The van der Waals surface area contributed by atoms with Crippen molar-refractivity contribution < 1.29 is 24.1 Å². The first-order chi connectivity index (χ1) is 13.6. The molecule has 28 heavy (non-hydrogen) atoms. The summed E-state index contributed by atoms with van der Waals surface area (Å²) < 4.78 is 22.3. The minimum atomic E-state index is -0.540. The van der Waals surface area contributed by atoms with E-state index in [1.165, 1.54) is 0 Å². The molecule has 0 heterocycles. The van der Waals surface area contributed by atoms with Gasteiger partial charge in [-0.25, -0.2) is 0 Å². The van der Waals surface area contributed by atoms with Crippen molar-refractivity contribution in [3.63, 3.8) is 0 Å². The summed E-state index contributed by atoms with van der Waals surface area (Å²) in [4.78, 5) is 0. The Balaban J connectivity index is 1.52. The number of nitrogens with one attached hydrogen (secondary N) is 1. The minimum Gasteiger partial charge on any atom is -0.491 e. The molecular weight excluding hydrogens is 358 g/mol. The molecule has 0 bridgehead atoms. The standard InChI is InChI=1S/C22H31NO5/c1-18(2)23-16-19(24)17-28-22-10-8-21(9-11-22)27-15-13-25-12-14-26-20-6-4-3-5-7-20/h3-11,18-19,23-24H,12-17H2,1-2H3. The summed E-state index contributed by atoms with van der Waals surface area (Å²) in [5.41, 5.74) is 0. The zero-order valence-electron chi connectivity index (χ0n) is 16.7. The van der Waals surface area contributed by atoms with E-state index in [4.69, 9.17) is 18.9 Å². The van der Waals surface area contributed by atoms with E-state index < -0.39 is 6.10 Å². The van der Waals surface area contributed by atoms with E-state index in [0.717, 1.165) is 11.5 Å². The summed E-state index contributed by atoms with van der Waals surface area (Å²) >= 11 is 0. The van der Waals surface area contributed by atoms with Gasteiger partial charge < -0.3 is 29.4 Å². The number of aliphatic hydroxyl groups excluding tert-OH is 1. The average molecular weight is 389 g/mol. The molecule has 2 aromatic carbocycles. The molecule has 2 aromatic rings. The van der Waals surface area contributed by atoms with Crippen LogP contribution in [0, 0.1) is 0 Å². The maximum atomic E-state index is 9.85. The van der Waals surface area contributed by atoms with Gasteiger partial charge in [0.25, 0.3) is 0 Å². The van der Waals surface area contributed by atoms with E-state index in [1.807, 2.05) is 68.4 Å². The third kappa shape index (κ3) is 9.60. The Morgan fingerprint density at radius 3 is 1.86 bits per heavy atom. The predicted molar refractivity (Wildman–Crippen MR) is 109 cm³/mol. The van der Waals surface area contributed by atoms with Crippen LogP contribution in [0.2, 0.25) is 0 Å². The molecule has 1 unspecified atom stereocenters. The second kappa shape index (κ2) is 13.0. The molecule has 0 aliphatic carbocycles. The van der Waals surface area contributed by atoms with Crippen molar-refractivity contribution in [2.24, 2.45) is 0 Å². The summed E-state index contributed by atoms with van der Waals surface area (Å²) in [6.45, 7) is 6.81. The fourth-order valence-corrected chi connectivity index (χ4v) is 2.31. The maximum Gasteiger partial charge on any atom is 0.119 e. The molecule has 0 saturated heterocycles. The Labute approximate surface area is 167 Å². The number of para-hydroxylation sites is 1. The largest absolute Gasteiger partial charge is 0.491 e. The lowest BCUT2D eigenvalue weighted by Crippen LogP contribution is -2.35. The van der Waals surface area contributed by atoms with E-state index in [0.29, 0.717) is 44.8 Å². The maximum absolute atomic E-state index is 9.85. The monoisotopic (exact) mass is 389 g/mol. The van der Waals surface area contributed by atoms with E-state index >= 15 is 0 Å². The predicted octanol–water partition coefficient (Wildman–Crippen LogP) is 2.90. The Morgan fingerprint density at radius 2 is 1.29 bits per heavy atom. The highest BCUT2D eigenvalue weighted by molar-refractivity contribution is 5.31. The number of aliphatic hydroxyl groups is 1. The second-order valence-corrected chi connectivity index (χ2v) is 6.62. The quantitative estimate of drug-likeness (QED) is 0.484. The van der Waals surface area contributed by atoms with Gasteiger partial charge in [0.1, 0.15) is 43.2 Å². The van der Waals surface area contributed by atoms with E-state index in [-0.39, 0.29) is 6.61 Å². The van der Waals surface area contributed by atoms with Crippen LogP contribution in [0.1, 0.15) is 13.8 Å².